The third-order valence-corrected chi connectivity index (χ3v) is 2.55. The molecule has 1 aromatic carbocycles. The third kappa shape index (κ3) is 3.09. The number of hydrogen-bond acceptors (Lipinski definition) is 1. The van der Waals surface area contributed by atoms with Crippen molar-refractivity contribution in [2.75, 3.05) is 0 Å². The molecule has 0 saturated carbocycles. The van der Waals surface area contributed by atoms with Crippen molar-refractivity contribution in [2.24, 2.45) is 0 Å². The number of hydrogen-bond donors (Lipinski definition) is 1. The first-order valence-electron chi connectivity index (χ1n) is 5.61. The van der Waals surface area contributed by atoms with Gasteiger partial charge in [-0.3, -0.25) is 4.79 Å². The molecule has 1 N–H and O–H groups in total. The zero-order chi connectivity index (χ0) is 12.4. The van der Waals surface area contributed by atoms with E-state index in [-0.39, 0.29) is 11.4 Å². The summed E-state index contributed by atoms with van der Waals surface area (Å²) in [6.07, 6.45) is 0. The monoisotopic (exact) mass is 219 g/mol. The predicted molar refractivity (Wildman–Crippen MR) is 67.4 cm³/mol. The molecule has 1 amide bonds. The van der Waals surface area contributed by atoms with Gasteiger partial charge in [0, 0.05) is 5.54 Å². The van der Waals surface area contributed by atoms with Gasteiger partial charge in [0.25, 0.3) is 0 Å². The van der Waals surface area contributed by atoms with Gasteiger partial charge in [0.05, 0.1) is 5.41 Å². The first-order valence-corrected chi connectivity index (χ1v) is 5.61. The summed E-state index contributed by atoms with van der Waals surface area (Å²) in [5.74, 6) is 0.0613. The van der Waals surface area contributed by atoms with Crippen LogP contribution < -0.4 is 5.32 Å². The maximum atomic E-state index is 12.2. The van der Waals surface area contributed by atoms with Gasteiger partial charge in [-0.2, -0.15) is 0 Å². The number of carbonyl (C=O) groups excluding carboxylic acids is 1. The largest absolute Gasteiger partial charge is 0.351 e. The van der Waals surface area contributed by atoms with Gasteiger partial charge in [-0.1, -0.05) is 30.3 Å². The van der Waals surface area contributed by atoms with Gasteiger partial charge in [0.1, 0.15) is 0 Å². The van der Waals surface area contributed by atoms with Gasteiger partial charge in [-0.15, -0.1) is 0 Å². The van der Waals surface area contributed by atoms with Crippen molar-refractivity contribution in [1.82, 2.24) is 5.32 Å². The molecule has 0 unspecified atom stereocenters. The van der Waals surface area contributed by atoms with Crippen molar-refractivity contribution in [1.29, 1.82) is 0 Å². The molecular weight excluding hydrogens is 198 g/mol. The van der Waals surface area contributed by atoms with Crippen molar-refractivity contribution in [3.63, 3.8) is 0 Å². The first kappa shape index (κ1) is 12.8. The third-order valence-electron chi connectivity index (χ3n) is 2.55. The summed E-state index contributed by atoms with van der Waals surface area (Å²) in [5.41, 5.74) is 0.356. The zero-order valence-corrected chi connectivity index (χ0v) is 10.8. The minimum atomic E-state index is -0.492. The van der Waals surface area contributed by atoms with E-state index in [0.717, 1.165) is 5.56 Å². The molecule has 0 heterocycles. The Kier molecular flexibility index (Phi) is 3.41. The molecular formula is C14H21NO. The Labute approximate surface area is 98.1 Å². The molecule has 88 valence electrons. The van der Waals surface area contributed by atoms with Gasteiger partial charge >= 0.3 is 0 Å². The van der Waals surface area contributed by atoms with Crippen molar-refractivity contribution < 1.29 is 4.79 Å². The fourth-order valence-electron chi connectivity index (χ4n) is 1.48. The van der Waals surface area contributed by atoms with Crippen molar-refractivity contribution in [2.45, 2.75) is 45.6 Å². The summed E-state index contributed by atoms with van der Waals surface area (Å²) in [6, 6.07) is 9.86. The summed E-state index contributed by atoms with van der Waals surface area (Å²) in [5, 5.41) is 3.02. The molecule has 0 aliphatic heterocycles. The summed E-state index contributed by atoms with van der Waals surface area (Å²) in [7, 11) is 0. The van der Waals surface area contributed by atoms with Crippen LogP contribution >= 0.6 is 0 Å². The molecule has 0 aromatic heterocycles. The van der Waals surface area contributed by atoms with Crippen LogP contribution in [0, 0.1) is 0 Å². The maximum absolute atomic E-state index is 12.2. The molecule has 0 radical (unpaired) electrons. The average Bonchev–Trinajstić information content (AvgIpc) is 2.16. The molecule has 0 bridgehead atoms. The van der Waals surface area contributed by atoms with Crippen LogP contribution in [-0.4, -0.2) is 11.4 Å². The lowest BCUT2D eigenvalue weighted by Crippen LogP contribution is -2.48. The first-order chi connectivity index (χ1) is 7.23. The number of amides is 1. The Hall–Kier alpha value is -1.31. The second-order valence-corrected chi connectivity index (χ2v) is 5.70. The predicted octanol–water partition coefficient (Wildman–Crippen LogP) is 2.88. The topological polar surface area (TPSA) is 29.1 Å². The van der Waals surface area contributed by atoms with E-state index in [1.54, 1.807) is 0 Å². The van der Waals surface area contributed by atoms with Crippen LogP contribution in [0.1, 0.15) is 40.2 Å². The van der Waals surface area contributed by atoms with Crippen molar-refractivity contribution >= 4 is 5.91 Å². The number of carbonyl (C=O) groups is 1. The molecule has 0 fully saturated rings. The normalized spacial score (nSPS) is 12.3. The maximum Gasteiger partial charge on any atom is 0.230 e. The van der Waals surface area contributed by atoms with E-state index in [9.17, 15) is 4.79 Å². The molecule has 2 heteroatoms. The quantitative estimate of drug-likeness (QED) is 0.814. The van der Waals surface area contributed by atoms with Crippen LogP contribution in [0.4, 0.5) is 0 Å². The minimum absolute atomic E-state index is 0.0613. The second-order valence-electron chi connectivity index (χ2n) is 5.70. The smallest absolute Gasteiger partial charge is 0.230 e. The standard InChI is InChI=1S/C14H21NO/c1-13(2,3)15-12(16)14(4,5)11-9-7-6-8-10-11/h6-10H,1-5H3,(H,15,16). The molecule has 16 heavy (non-hydrogen) atoms. The lowest BCUT2D eigenvalue weighted by Gasteiger charge is -2.29. The number of nitrogens with one attached hydrogen (secondary N) is 1. The number of rotatable bonds is 2. The summed E-state index contributed by atoms with van der Waals surface area (Å²) >= 11 is 0. The molecule has 0 spiro atoms. The summed E-state index contributed by atoms with van der Waals surface area (Å²) < 4.78 is 0. The van der Waals surface area contributed by atoms with Gasteiger partial charge in [0.2, 0.25) is 5.91 Å². The van der Waals surface area contributed by atoms with E-state index in [1.807, 2.05) is 65.0 Å². The molecule has 0 saturated heterocycles. The Morgan fingerprint density at radius 3 is 1.94 bits per heavy atom. The molecule has 0 atom stereocenters. The second kappa shape index (κ2) is 4.28. The molecule has 1 rings (SSSR count). The highest BCUT2D eigenvalue weighted by atomic mass is 16.2. The Balaban J connectivity index is 2.90. The summed E-state index contributed by atoms with van der Waals surface area (Å²) in [6.45, 7) is 9.87. The van der Waals surface area contributed by atoms with Gasteiger partial charge < -0.3 is 5.32 Å². The van der Waals surface area contributed by atoms with E-state index in [0.29, 0.717) is 0 Å². The van der Waals surface area contributed by atoms with E-state index in [1.165, 1.54) is 0 Å². The highest BCUT2D eigenvalue weighted by Gasteiger charge is 2.31. The van der Waals surface area contributed by atoms with E-state index in [2.05, 4.69) is 5.32 Å². The van der Waals surface area contributed by atoms with Crippen LogP contribution in [0.5, 0.6) is 0 Å². The molecule has 0 aliphatic carbocycles. The Morgan fingerprint density at radius 1 is 1.00 bits per heavy atom. The average molecular weight is 219 g/mol. The van der Waals surface area contributed by atoms with Crippen molar-refractivity contribution in [3.05, 3.63) is 35.9 Å². The van der Waals surface area contributed by atoms with Crippen LogP contribution in [0.15, 0.2) is 30.3 Å². The Morgan fingerprint density at radius 2 is 1.50 bits per heavy atom. The fourth-order valence-corrected chi connectivity index (χ4v) is 1.48. The van der Waals surface area contributed by atoms with Gasteiger partial charge in [-0.05, 0) is 40.2 Å². The van der Waals surface area contributed by atoms with Crippen LogP contribution in [0.2, 0.25) is 0 Å². The molecule has 2 nitrogen and oxygen atoms in total. The number of benzene rings is 1. The highest BCUT2D eigenvalue weighted by molar-refractivity contribution is 5.87. The minimum Gasteiger partial charge on any atom is -0.351 e. The van der Waals surface area contributed by atoms with Gasteiger partial charge in [-0.25, -0.2) is 0 Å². The van der Waals surface area contributed by atoms with Crippen LogP contribution in [0.3, 0.4) is 0 Å². The molecule has 0 aliphatic rings. The van der Waals surface area contributed by atoms with E-state index >= 15 is 0 Å². The van der Waals surface area contributed by atoms with E-state index in [4.69, 9.17) is 0 Å². The summed E-state index contributed by atoms with van der Waals surface area (Å²) in [4.78, 5) is 12.2. The van der Waals surface area contributed by atoms with Crippen LogP contribution in [0.25, 0.3) is 0 Å². The molecule has 1 aromatic rings. The van der Waals surface area contributed by atoms with Gasteiger partial charge in [0.15, 0.2) is 0 Å². The zero-order valence-electron chi connectivity index (χ0n) is 10.8. The van der Waals surface area contributed by atoms with Crippen LogP contribution in [-0.2, 0) is 10.2 Å². The van der Waals surface area contributed by atoms with Crippen molar-refractivity contribution in [3.8, 4) is 0 Å². The lowest BCUT2D eigenvalue weighted by atomic mass is 9.83. The lowest BCUT2D eigenvalue weighted by molar-refractivity contribution is -0.127. The SMILES string of the molecule is CC(C)(C)NC(=O)C(C)(C)c1ccccc1. The fraction of sp³-hybridized carbons (Fsp3) is 0.500. The Bertz CT molecular complexity index is 360. The van der Waals surface area contributed by atoms with E-state index < -0.39 is 5.41 Å². The highest BCUT2D eigenvalue weighted by Crippen LogP contribution is 2.23.